The fraction of sp³-hybridized carbons (Fsp3) is 0.333. The number of aromatic nitrogens is 1. The van der Waals surface area contributed by atoms with E-state index in [1.807, 2.05) is 30.5 Å². The van der Waals surface area contributed by atoms with Crippen molar-refractivity contribution in [3.8, 4) is 11.3 Å². The molecule has 0 radical (unpaired) electrons. The van der Waals surface area contributed by atoms with Gasteiger partial charge in [0.1, 0.15) is 5.76 Å². The third-order valence-electron chi connectivity index (χ3n) is 5.49. The maximum Gasteiger partial charge on any atom is 0.191 e. The summed E-state index contributed by atoms with van der Waals surface area (Å²) in [4.78, 5) is 11.3. The minimum atomic E-state index is 0. The molecule has 1 saturated heterocycles. The zero-order valence-electron chi connectivity index (χ0n) is 17.8. The van der Waals surface area contributed by atoms with E-state index in [2.05, 4.69) is 55.8 Å². The van der Waals surface area contributed by atoms with Gasteiger partial charge >= 0.3 is 0 Å². The number of rotatable bonds is 7. The number of hydrogen-bond donors (Lipinski definition) is 2. The molecule has 7 heteroatoms. The maximum absolute atomic E-state index is 5.71. The lowest BCUT2D eigenvalue weighted by Crippen LogP contribution is -2.42. The summed E-state index contributed by atoms with van der Waals surface area (Å²) in [5.41, 5.74) is 3.28. The van der Waals surface area contributed by atoms with Crippen LogP contribution in [0, 0.1) is 0 Å². The summed E-state index contributed by atoms with van der Waals surface area (Å²) in [6.07, 6.45) is 6.06. The first-order chi connectivity index (χ1) is 14.8. The second kappa shape index (κ2) is 11.9. The zero-order chi connectivity index (χ0) is 20.6. The van der Waals surface area contributed by atoms with Crippen LogP contribution in [0.5, 0.6) is 0 Å². The summed E-state index contributed by atoms with van der Waals surface area (Å²) in [7, 11) is 1.80. The number of benzene rings is 1. The average Bonchev–Trinajstić information content (AvgIpc) is 3.52. The molecule has 4 rings (SSSR count). The number of aliphatic imine (C=N–C) groups is 1. The average molecular weight is 531 g/mol. The molecular weight excluding hydrogens is 501 g/mol. The standard InChI is InChI=1S/C24H29N5O.HI/c1-25-24(28-18-22(23-11-7-15-30-23)29-13-4-5-14-29)27-17-19-8-6-9-20(16-19)21-10-2-3-12-26-21;/h2-3,6-12,15-16,22H,4-5,13-14,17-18H2,1H3,(H2,25,27,28);1H. The molecule has 0 spiro atoms. The molecule has 0 saturated carbocycles. The Balaban J connectivity index is 0.00000272. The van der Waals surface area contributed by atoms with Crippen LogP contribution in [0.4, 0.5) is 0 Å². The molecule has 1 atom stereocenters. The highest BCUT2D eigenvalue weighted by atomic mass is 127. The van der Waals surface area contributed by atoms with E-state index in [0.29, 0.717) is 6.54 Å². The second-order valence-corrected chi connectivity index (χ2v) is 7.50. The molecule has 1 aliphatic heterocycles. The highest BCUT2D eigenvalue weighted by Crippen LogP contribution is 2.24. The van der Waals surface area contributed by atoms with E-state index in [1.54, 1.807) is 13.3 Å². The summed E-state index contributed by atoms with van der Waals surface area (Å²) in [6, 6.07) is 18.6. The van der Waals surface area contributed by atoms with Crippen molar-refractivity contribution in [2.45, 2.75) is 25.4 Å². The fourth-order valence-corrected chi connectivity index (χ4v) is 3.92. The van der Waals surface area contributed by atoms with Crippen LogP contribution < -0.4 is 10.6 Å². The molecule has 0 aliphatic carbocycles. The van der Waals surface area contributed by atoms with Crippen LogP contribution in [-0.2, 0) is 6.54 Å². The molecule has 1 unspecified atom stereocenters. The SMILES string of the molecule is CN=C(NCc1cccc(-c2ccccn2)c1)NCC(c1ccco1)N1CCCC1.I. The number of furan rings is 1. The molecule has 164 valence electrons. The Morgan fingerprint density at radius 3 is 2.68 bits per heavy atom. The van der Waals surface area contributed by atoms with Gasteiger partial charge in [-0.05, 0) is 61.8 Å². The Kier molecular flexibility index (Phi) is 8.90. The molecule has 2 aromatic heterocycles. The summed E-state index contributed by atoms with van der Waals surface area (Å²) in [5, 5.41) is 6.90. The lowest BCUT2D eigenvalue weighted by atomic mass is 10.1. The van der Waals surface area contributed by atoms with E-state index in [1.165, 1.54) is 18.4 Å². The van der Waals surface area contributed by atoms with Crippen molar-refractivity contribution in [1.29, 1.82) is 0 Å². The van der Waals surface area contributed by atoms with Gasteiger partial charge in [0.05, 0.1) is 18.0 Å². The normalized spacial score (nSPS) is 15.3. The van der Waals surface area contributed by atoms with Crippen molar-refractivity contribution in [3.63, 3.8) is 0 Å². The van der Waals surface area contributed by atoms with Crippen molar-refractivity contribution in [3.05, 3.63) is 78.4 Å². The monoisotopic (exact) mass is 531 g/mol. The van der Waals surface area contributed by atoms with E-state index in [9.17, 15) is 0 Å². The van der Waals surface area contributed by atoms with Gasteiger partial charge in [0.15, 0.2) is 5.96 Å². The summed E-state index contributed by atoms with van der Waals surface area (Å²) in [5.74, 6) is 1.79. The molecule has 6 nitrogen and oxygen atoms in total. The summed E-state index contributed by atoms with van der Waals surface area (Å²) in [6.45, 7) is 3.66. The first-order valence-corrected chi connectivity index (χ1v) is 10.6. The van der Waals surface area contributed by atoms with Gasteiger partial charge in [0.25, 0.3) is 0 Å². The number of nitrogens with one attached hydrogen (secondary N) is 2. The van der Waals surface area contributed by atoms with Gasteiger partial charge in [-0.3, -0.25) is 14.9 Å². The number of likely N-dealkylation sites (tertiary alicyclic amines) is 1. The summed E-state index contributed by atoms with van der Waals surface area (Å²) >= 11 is 0. The van der Waals surface area contributed by atoms with E-state index >= 15 is 0 Å². The first kappa shape index (κ1) is 23.3. The number of halogens is 1. The highest BCUT2D eigenvalue weighted by Gasteiger charge is 2.25. The highest BCUT2D eigenvalue weighted by molar-refractivity contribution is 14.0. The molecule has 3 aromatic rings. The molecule has 31 heavy (non-hydrogen) atoms. The fourth-order valence-electron chi connectivity index (χ4n) is 3.92. The molecular formula is C24H30IN5O. The Labute approximate surface area is 201 Å². The number of hydrogen-bond acceptors (Lipinski definition) is 4. The topological polar surface area (TPSA) is 65.7 Å². The second-order valence-electron chi connectivity index (χ2n) is 7.50. The molecule has 3 heterocycles. The van der Waals surface area contributed by atoms with Crippen LogP contribution in [0.3, 0.4) is 0 Å². The van der Waals surface area contributed by atoms with Crippen molar-refractivity contribution < 1.29 is 4.42 Å². The number of nitrogens with zero attached hydrogens (tertiary/aromatic N) is 3. The van der Waals surface area contributed by atoms with Crippen LogP contribution in [0.2, 0.25) is 0 Å². The third-order valence-corrected chi connectivity index (χ3v) is 5.49. The third kappa shape index (κ3) is 6.30. The first-order valence-electron chi connectivity index (χ1n) is 10.6. The van der Waals surface area contributed by atoms with Gasteiger partial charge < -0.3 is 15.1 Å². The van der Waals surface area contributed by atoms with E-state index in [4.69, 9.17) is 4.42 Å². The molecule has 0 amide bonds. The van der Waals surface area contributed by atoms with Crippen LogP contribution in [0.25, 0.3) is 11.3 Å². The van der Waals surface area contributed by atoms with Crippen LogP contribution in [-0.4, -0.2) is 42.5 Å². The van der Waals surface area contributed by atoms with Crippen molar-refractivity contribution in [2.75, 3.05) is 26.7 Å². The molecule has 0 bridgehead atoms. The predicted octanol–water partition coefficient (Wildman–Crippen LogP) is 4.46. The largest absolute Gasteiger partial charge is 0.468 e. The zero-order valence-corrected chi connectivity index (χ0v) is 20.2. The lowest BCUT2D eigenvalue weighted by Gasteiger charge is -2.26. The summed E-state index contributed by atoms with van der Waals surface area (Å²) < 4.78 is 5.71. The molecule has 1 fully saturated rings. The Morgan fingerprint density at radius 1 is 1.10 bits per heavy atom. The Bertz CT molecular complexity index is 940. The minimum Gasteiger partial charge on any atom is -0.468 e. The van der Waals surface area contributed by atoms with Crippen molar-refractivity contribution in [2.24, 2.45) is 4.99 Å². The number of pyridine rings is 1. The van der Waals surface area contributed by atoms with Gasteiger partial charge in [-0.1, -0.05) is 24.3 Å². The van der Waals surface area contributed by atoms with Gasteiger partial charge in [-0.25, -0.2) is 0 Å². The van der Waals surface area contributed by atoms with E-state index in [0.717, 1.165) is 42.6 Å². The lowest BCUT2D eigenvalue weighted by molar-refractivity contribution is 0.215. The van der Waals surface area contributed by atoms with Gasteiger partial charge in [0.2, 0.25) is 0 Å². The van der Waals surface area contributed by atoms with Crippen LogP contribution in [0.1, 0.15) is 30.2 Å². The molecule has 2 N–H and O–H groups in total. The predicted molar refractivity (Wildman–Crippen MR) is 136 cm³/mol. The minimum absolute atomic E-state index is 0. The van der Waals surface area contributed by atoms with Gasteiger partial charge in [-0.2, -0.15) is 0 Å². The van der Waals surface area contributed by atoms with Gasteiger partial charge in [0, 0.05) is 31.9 Å². The smallest absolute Gasteiger partial charge is 0.191 e. The Morgan fingerprint density at radius 2 is 1.97 bits per heavy atom. The Hall–Kier alpha value is -2.39. The molecule has 1 aromatic carbocycles. The molecule has 1 aliphatic rings. The van der Waals surface area contributed by atoms with Crippen LogP contribution >= 0.6 is 24.0 Å². The van der Waals surface area contributed by atoms with Gasteiger partial charge in [-0.15, -0.1) is 24.0 Å². The van der Waals surface area contributed by atoms with Crippen molar-refractivity contribution >= 4 is 29.9 Å². The van der Waals surface area contributed by atoms with E-state index < -0.39 is 0 Å². The quantitative estimate of drug-likeness (QED) is 0.268. The van der Waals surface area contributed by atoms with Crippen molar-refractivity contribution in [1.82, 2.24) is 20.5 Å². The van der Waals surface area contributed by atoms with Crippen LogP contribution in [0.15, 0.2) is 76.5 Å². The maximum atomic E-state index is 5.71. The van der Waals surface area contributed by atoms with E-state index in [-0.39, 0.29) is 30.0 Å². The number of guanidine groups is 1.